The van der Waals surface area contributed by atoms with Gasteiger partial charge in [0.15, 0.2) is 0 Å². The van der Waals surface area contributed by atoms with Gasteiger partial charge in [-0.15, -0.1) is 5.10 Å². The van der Waals surface area contributed by atoms with Gasteiger partial charge in [-0.05, 0) is 102 Å². The van der Waals surface area contributed by atoms with Gasteiger partial charge >= 0.3 is 12.1 Å². The highest BCUT2D eigenvalue weighted by Gasteiger charge is 2.27. The van der Waals surface area contributed by atoms with Gasteiger partial charge in [-0.3, -0.25) is 4.79 Å². The number of carbonyl (C=O) groups is 2. The van der Waals surface area contributed by atoms with Crippen molar-refractivity contribution in [2.24, 2.45) is 0 Å². The number of aryl methyl sites for hydroxylation is 1. The van der Waals surface area contributed by atoms with E-state index in [1.54, 1.807) is 30.3 Å². The second kappa shape index (κ2) is 12.2. The molecule has 9 nitrogen and oxygen atoms in total. The molecule has 2 heterocycles. The Labute approximate surface area is 224 Å². The molecule has 0 saturated carbocycles. The number of hydrogen-bond acceptors (Lipinski definition) is 7. The molecule has 1 aromatic heterocycles. The molecule has 3 aromatic rings. The molecule has 4 rings (SSSR count). The molecule has 38 heavy (non-hydrogen) atoms. The van der Waals surface area contributed by atoms with E-state index in [2.05, 4.69) is 20.4 Å². The van der Waals surface area contributed by atoms with E-state index in [1.807, 2.05) is 45.9 Å². The molecule has 0 bridgehead atoms. The first-order chi connectivity index (χ1) is 18.2. The number of carbonyl (C=O) groups excluding carboxylic acids is 2. The summed E-state index contributed by atoms with van der Waals surface area (Å²) in [4.78, 5) is 29.5. The molecule has 2 aromatic carbocycles. The molecule has 1 aliphatic heterocycles. The molecule has 9 heteroatoms. The first-order valence-electron chi connectivity index (χ1n) is 13.2. The predicted octanol–water partition coefficient (Wildman–Crippen LogP) is 5.91. The minimum Gasteiger partial charge on any atom is -0.443 e. The minimum atomic E-state index is -0.649. The van der Waals surface area contributed by atoms with Gasteiger partial charge < -0.3 is 19.4 Å². The van der Waals surface area contributed by atoms with Crippen LogP contribution >= 0.6 is 0 Å². The van der Waals surface area contributed by atoms with Crippen LogP contribution in [0.2, 0.25) is 0 Å². The largest absolute Gasteiger partial charge is 0.443 e. The number of piperidine rings is 1. The zero-order valence-corrected chi connectivity index (χ0v) is 22.7. The highest BCUT2D eigenvalue weighted by atomic mass is 16.6. The summed E-state index contributed by atoms with van der Waals surface area (Å²) in [6.07, 6.45) is 3.98. The number of likely N-dealkylation sites (tertiary alicyclic amines) is 1. The fourth-order valence-corrected chi connectivity index (χ4v) is 4.38. The van der Waals surface area contributed by atoms with Crippen LogP contribution in [-0.4, -0.2) is 58.9 Å². The average Bonchev–Trinajstić information content (AvgIpc) is 3.36. The monoisotopic (exact) mass is 519 g/mol. The zero-order chi connectivity index (χ0) is 27.1. The Bertz CT molecular complexity index is 1230. The van der Waals surface area contributed by atoms with Crippen LogP contribution in [0.15, 0.2) is 52.9 Å². The first-order valence-corrected chi connectivity index (χ1v) is 13.2. The third-order valence-electron chi connectivity index (χ3n) is 6.34. The van der Waals surface area contributed by atoms with Crippen LogP contribution in [0.25, 0.3) is 11.5 Å². The summed E-state index contributed by atoms with van der Waals surface area (Å²) in [5, 5.41) is 11.2. The van der Waals surface area contributed by atoms with Crippen LogP contribution in [-0.2, 0) is 4.74 Å². The molecule has 1 saturated heterocycles. The van der Waals surface area contributed by atoms with Gasteiger partial charge in [0.1, 0.15) is 5.60 Å². The SMILES string of the molecule is Cc1ccccc1C(=O)Nc1ccc(-c2nnc(N(CCCN3CCCCC3)C(=O)OC(C)(C)C)o2)cc1. The maximum atomic E-state index is 13.0. The molecule has 1 aliphatic rings. The van der Waals surface area contributed by atoms with E-state index in [0.717, 1.165) is 31.6 Å². The van der Waals surface area contributed by atoms with Gasteiger partial charge in [-0.25, -0.2) is 9.69 Å². The second-order valence-corrected chi connectivity index (χ2v) is 10.6. The predicted molar refractivity (Wildman–Crippen MR) is 147 cm³/mol. The molecule has 0 aliphatic carbocycles. The van der Waals surface area contributed by atoms with Crippen molar-refractivity contribution >= 4 is 23.7 Å². The van der Waals surface area contributed by atoms with E-state index in [9.17, 15) is 9.59 Å². The van der Waals surface area contributed by atoms with Crippen LogP contribution in [0.1, 0.15) is 62.4 Å². The lowest BCUT2D eigenvalue weighted by atomic mass is 10.1. The molecule has 0 spiro atoms. The average molecular weight is 520 g/mol. The highest BCUT2D eigenvalue weighted by molar-refractivity contribution is 6.05. The summed E-state index contributed by atoms with van der Waals surface area (Å²) in [6.45, 7) is 10.9. The van der Waals surface area contributed by atoms with Crippen molar-refractivity contribution < 1.29 is 18.7 Å². The topological polar surface area (TPSA) is 101 Å². The van der Waals surface area contributed by atoms with E-state index in [1.165, 1.54) is 24.2 Å². The van der Waals surface area contributed by atoms with E-state index in [4.69, 9.17) is 9.15 Å². The number of benzene rings is 2. The number of ether oxygens (including phenoxy) is 1. The molecule has 0 atom stereocenters. The number of aromatic nitrogens is 2. The van der Waals surface area contributed by atoms with Gasteiger partial charge in [0.2, 0.25) is 5.89 Å². The van der Waals surface area contributed by atoms with Crippen molar-refractivity contribution in [2.75, 3.05) is 36.4 Å². The number of amides is 2. The Hall–Kier alpha value is -3.72. The lowest BCUT2D eigenvalue weighted by Gasteiger charge is -2.28. The van der Waals surface area contributed by atoms with Crippen molar-refractivity contribution in [1.82, 2.24) is 15.1 Å². The Balaban J connectivity index is 1.44. The fourth-order valence-electron chi connectivity index (χ4n) is 4.38. The Kier molecular flexibility index (Phi) is 8.78. The zero-order valence-electron chi connectivity index (χ0n) is 22.7. The van der Waals surface area contributed by atoms with Crippen molar-refractivity contribution in [2.45, 2.75) is 59.0 Å². The maximum absolute atomic E-state index is 13.0. The van der Waals surface area contributed by atoms with Gasteiger partial charge in [-0.1, -0.05) is 29.7 Å². The molecule has 0 radical (unpaired) electrons. The van der Waals surface area contributed by atoms with Gasteiger partial charge in [0.25, 0.3) is 5.91 Å². The van der Waals surface area contributed by atoms with Crippen LogP contribution < -0.4 is 10.2 Å². The molecular weight excluding hydrogens is 482 g/mol. The van der Waals surface area contributed by atoms with Gasteiger partial charge in [-0.2, -0.15) is 0 Å². The van der Waals surface area contributed by atoms with Crippen molar-refractivity contribution in [3.8, 4) is 11.5 Å². The maximum Gasteiger partial charge on any atom is 0.418 e. The number of hydrogen-bond donors (Lipinski definition) is 1. The van der Waals surface area contributed by atoms with Crippen LogP contribution in [0.4, 0.5) is 16.5 Å². The highest BCUT2D eigenvalue weighted by Crippen LogP contribution is 2.25. The number of anilines is 2. The molecule has 1 N–H and O–H groups in total. The summed E-state index contributed by atoms with van der Waals surface area (Å²) in [6, 6.07) is 14.7. The smallest absolute Gasteiger partial charge is 0.418 e. The summed E-state index contributed by atoms with van der Waals surface area (Å²) in [5.41, 5.74) is 2.21. The van der Waals surface area contributed by atoms with Crippen molar-refractivity contribution in [3.05, 3.63) is 59.7 Å². The van der Waals surface area contributed by atoms with E-state index in [-0.39, 0.29) is 17.8 Å². The second-order valence-electron chi connectivity index (χ2n) is 10.6. The summed E-state index contributed by atoms with van der Waals surface area (Å²) in [7, 11) is 0. The van der Waals surface area contributed by atoms with Crippen molar-refractivity contribution in [3.63, 3.8) is 0 Å². The van der Waals surface area contributed by atoms with Gasteiger partial charge in [0.05, 0.1) is 0 Å². The lowest BCUT2D eigenvalue weighted by molar-refractivity contribution is 0.0571. The van der Waals surface area contributed by atoms with Crippen molar-refractivity contribution in [1.29, 1.82) is 0 Å². The number of rotatable bonds is 8. The molecular formula is C29H37N5O4. The Morgan fingerprint density at radius 2 is 1.74 bits per heavy atom. The standard InChI is InChI=1S/C29H37N5O4/c1-21-11-6-7-12-24(21)25(35)30-23-15-13-22(14-16-23)26-31-32-27(37-26)34(28(36)38-29(2,3)4)20-10-19-33-17-8-5-9-18-33/h6-7,11-16H,5,8-10,17-20H2,1-4H3,(H,30,35). The number of nitrogens with one attached hydrogen (secondary N) is 1. The Morgan fingerprint density at radius 1 is 1.03 bits per heavy atom. The third-order valence-corrected chi connectivity index (χ3v) is 6.34. The van der Waals surface area contributed by atoms with Gasteiger partial charge in [0, 0.05) is 23.4 Å². The quantitative estimate of drug-likeness (QED) is 0.394. The normalized spacial score (nSPS) is 14.2. The Morgan fingerprint density at radius 3 is 2.42 bits per heavy atom. The molecule has 2 amide bonds. The fraction of sp³-hybridized carbons (Fsp3) is 0.448. The summed E-state index contributed by atoms with van der Waals surface area (Å²) >= 11 is 0. The summed E-state index contributed by atoms with van der Waals surface area (Å²) < 4.78 is 11.5. The van der Waals surface area contributed by atoms with E-state index in [0.29, 0.717) is 23.4 Å². The number of nitrogens with zero attached hydrogens (tertiary/aromatic N) is 4. The summed E-state index contributed by atoms with van der Waals surface area (Å²) in [5.74, 6) is 0.106. The molecule has 202 valence electrons. The van der Waals surface area contributed by atoms with E-state index < -0.39 is 11.7 Å². The first kappa shape index (κ1) is 27.3. The molecule has 0 unspecified atom stereocenters. The molecule has 1 fully saturated rings. The van der Waals surface area contributed by atoms with Crippen LogP contribution in [0.3, 0.4) is 0 Å². The van der Waals surface area contributed by atoms with Crippen LogP contribution in [0, 0.1) is 6.92 Å². The van der Waals surface area contributed by atoms with E-state index >= 15 is 0 Å². The van der Waals surface area contributed by atoms with Crippen LogP contribution in [0.5, 0.6) is 0 Å². The third kappa shape index (κ3) is 7.41. The minimum absolute atomic E-state index is 0.102. The lowest BCUT2D eigenvalue weighted by Crippen LogP contribution is -2.39.